The normalized spacial score (nSPS) is 12.8. The molecule has 1 aromatic rings. The summed E-state index contributed by atoms with van der Waals surface area (Å²) in [5.41, 5.74) is 0. The van der Waals surface area contributed by atoms with E-state index in [1.807, 2.05) is 0 Å². The van der Waals surface area contributed by atoms with Crippen molar-refractivity contribution in [1.29, 1.82) is 0 Å². The van der Waals surface area contributed by atoms with Crippen molar-refractivity contribution in [3.63, 3.8) is 0 Å². The number of ether oxygens (including phenoxy) is 2. The van der Waals surface area contributed by atoms with Gasteiger partial charge in [-0.1, -0.05) is 0 Å². The zero-order valence-electron chi connectivity index (χ0n) is 10.9. The van der Waals surface area contributed by atoms with Gasteiger partial charge in [0.05, 0.1) is 13.2 Å². The molecule has 0 bridgehead atoms. The van der Waals surface area contributed by atoms with Crippen molar-refractivity contribution in [2.24, 2.45) is 0 Å². The first-order valence-corrected chi connectivity index (χ1v) is 7.96. The van der Waals surface area contributed by atoms with E-state index in [1.54, 1.807) is 0 Å². The van der Waals surface area contributed by atoms with Crippen molar-refractivity contribution >= 4 is 19.7 Å². The summed E-state index contributed by atoms with van der Waals surface area (Å²) in [5.74, 6) is 0.147. The standard InChI is InChI=1S/C9H13ClF3N3O4S/c1-19-5-3-16-7(2-4-20-6-9(11,12)13)14-15-8(16)21(10,17)18/h2-6H2,1H3. The minimum atomic E-state index is -4.42. The molecule has 0 saturated carbocycles. The van der Waals surface area contributed by atoms with Crippen LogP contribution in [0.2, 0.25) is 0 Å². The first kappa shape index (κ1) is 18.1. The molecular formula is C9H13ClF3N3O4S. The number of halogens is 4. The molecule has 0 aliphatic carbocycles. The van der Waals surface area contributed by atoms with Gasteiger partial charge in [-0.25, -0.2) is 8.42 Å². The molecule has 0 N–H and O–H groups in total. The van der Waals surface area contributed by atoms with Crippen LogP contribution in [0.5, 0.6) is 0 Å². The Bertz CT molecular complexity index is 561. The van der Waals surface area contributed by atoms with Crippen molar-refractivity contribution in [1.82, 2.24) is 14.8 Å². The highest BCUT2D eigenvalue weighted by Crippen LogP contribution is 2.16. The molecule has 0 fully saturated rings. The third kappa shape index (κ3) is 6.16. The first-order valence-electron chi connectivity index (χ1n) is 5.65. The molecule has 0 amide bonds. The minimum Gasteiger partial charge on any atom is -0.383 e. The lowest BCUT2D eigenvalue weighted by molar-refractivity contribution is -0.173. The monoisotopic (exact) mass is 351 g/mol. The van der Waals surface area contributed by atoms with Crippen LogP contribution in [0.3, 0.4) is 0 Å². The summed E-state index contributed by atoms with van der Waals surface area (Å²) in [7, 11) is 2.50. The third-order valence-corrected chi connectivity index (χ3v) is 3.42. The maximum absolute atomic E-state index is 11.9. The van der Waals surface area contributed by atoms with E-state index in [9.17, 15) is 21.6 Å². The Balaban J connectivity index is 2.75. The summed E-state index contributed by atoms with van der Waals surface area (Å²) in [4.78, 5) is 0. The molecule has 1 rings (SSSR count). The molecule has 0 aliphatic rings. The van der Waals surface area contributed by atoms with Crippen molar-refractivity contribution < 1.29 is 31.1 Å². The van der Waals surface area contributed by atoms with Crippen LogP contribution in [0.4, 0.5) is 13.2 Å². The number of nitrogens with zero attached hydrogens (tertiary/aromatic N) is 3. The Morgan fingerprint density at radius 1 is 1.29 bits per heavy atom. The maximum atomic E-state index is 11.9. The number of alkyl halides is 3. The Labute approximate surface area is 123 Å². The van der Waals surface area contributed by atoms with Gasteiger partial charge in [0.2, 0.25) is 0 Å². The zero-order chi connectivity index (χ0) is 16.1. The van der Waals surface area contributed by atoms with Gasteiger partial charge in [-0.2, -0.15) is 13.2 Å². The van der Waals surface area contributed by atoms with Crippen molar-refractivity contribution in [3.05, 3.63) is 5.82 Å². The Hall–Kier alpha value is -0.910. The van der Waals surface area contributed by atoms with E-state index in [4.69, 9.17) is 15.4 Å². The molecule has 0 radical (unpaired) electrons. The molecule has 12 heteroatoms. The quantitative estimate of drug-likeness (QED) is 0.512. The van der Waals surface area contributed by atoms with E-state index in [0.717, 1.165) is 0 Å². The smallest absolute Gasteiger partial charge is 0.383 e. The van der Waals surface area contributed by atoms with Gasteiger partial charge in [0, 0.05) is 30.8 Å². The first-order chi connectivity index (χ1) is 9.65. The summed E-state index contributed by atoms with van der Waals surface area (Å²) < 4.78 is 68.8. The Kier molecular flexibility index (Phi) is 6.38. The highest BCUT2D eigenvalue weighted by molar-refractivity contribution is 8.13. The van der Waals surface area contributed by atoms with Crippen LogP contribution in [0.1, 0.15) is 5.82 Å². The fraction of sp³-hybridized carbons (Fsp3) is 0.778. The number of aromatic nitrogens is 3. The molecule has 0 saturated heterocycles. The van der Waals surface area contributed by atoms with E-state index in [0.29, 0.717) is 0 Å². The van der Waals surface area contributed by atoms with Crippen LogP contribution in [-0.4, -0.2) is 56.3 Å². The molecule has 0 aliphatic heterocycles. The van der Waals surface area contributed by atoms with Gasteiger partial charge in [0.1, 0.15) is 12.4 Å². The lowest BCUT2D eigenvalue weighted by atomic mass is 10.4. The van der Waals surface area contributed by atoms with Gasteiger partial charge in [-0.3, -0.25) is 4.57 Å². The highest BCUT2D eigenvalue weighted by Gasteiger charge is 2.27. The van der Waals surface area contributed by atoms with E-state index in [1.165, 1.54) is 11.7 Å². The second-order valence-corrected chi connectivity index (χ2v) is 6.36. The van der Waals surface area contributed by atoms with Crippen molar-refractivity contribution in [2.45, 2.75) is 24.3 Å². The van der Waals surface area contributed by atoms with E-state index >= 15 is 0 Å². The van der Waals surface area contributed by atoms with Gasteiger partial charge in [-0.15, -0.1) is 10.2 Å². The predicted octanol–water partition coefficient (Wildman–Crippen LogP) is 0.973. The Morgan fingerprint density at radius 2 is 1.95 bits per heavy atom. The van der Waals surface area contributed by atoms with Crippen LogP contribution >= 0.6 is 10.7 Å². The summed E-state index contributed by atoms with van der Waals surface area (Å²) in [6.07, 6.45) is -4.46. The number of rotatable bonds is 8. The second-order valence-electron chi connectivity index (χ2n) is 3.90. The summed E-state index contributed by atoms with van der Waals surface area (Å²) in [6, 6.07) is 0. The van der Waals surface area contributed by atoms with Crippen LogP contribution in [0.25, 0.3) is 0 Å². The molecule has 0 unspecified atom stereocenters. The molecule has 1 heterocycles. The average molecular weight is 352 g/mol. The predicted molar refractivity (Wildman–Crippen MR) is 65.5 cm³/mol. The van der Waals surface area contributed by atoms with E-state index in [2.05, 4.69) is 14.9 Å². The molecule has 7 nitrogen and oxygen atoms in total. The van der Waals surface area contributed by atoms with Gasteiger partial charge in [0.25, 0.3) is 14.2 Å². The lowest BCUT2D eigenvalue weighted by Gasteiger charge is -2.09. The zero-order valence-corrected chi connectivity index (χ0v) is 12.5. The molecule has 21 heavy (non-hydrogen) atoms. The lowest BCUT2D eigenvalue weighted by Crippen LogP contribution is -2.19. The Morgan fingerprint density at radius 3 is 2.48 bits per heavy atom. The summed E-state index contributed by atoms with van der Waals surface area (Å²) in [5, 5.41) is 6.55. The van der Waals surface area contributed by atoms with E-state index < -0.39 is 27.0 Å². The molecule has 0 atom stereocenters. The van der Waals surface area contributed by atoms with Gasteiger partial charge in [-0.05, 0) is 0 Å². The van der Waals surface area contributed by atoms with Crippen LogP contribution in [-0.2, 0) is 31.5 Å². The van der Waals surface area contributed by atoms with Gasteiger partial charge in [0.15, 0.2) is 0 Å². The highest BCUT2D eigenvalue weighted by atomic mass is 35.7. The fourth-order valence-electron chi connectivity index (χ4n) is 1.44. The molecule has 0 aromatic carbocycles. The number of methoxy groups -OCH3 is 1. The SMILES string of the molecule is COCCn1c(CCOCC(F)(F)F)nnc1S(=O)(=O)Cl. The largest absolute Gasteiger partial charge is 0.411 e. The average Bonchev–Trinajstić information content (AvgIpc) is 2.73. The molecule has 0 spiro atoms. The number of hydrogen-bond donors (Lipinski definition) is 0. The summed E-state index contributed by atoms with van der Waals surface area (Å²) >= 11 is 0. The molecule has 122 valence electrons. The van der Waals surface area contributed by atoms with Crippen LogP contribution in [0, 0.1) is 0 Å². The summed E-state index contributed by atoms with van der Waals surface area (Å²) in [6.45, 7) is -1.42. The minimum absolute atomic E-state index is 0.0425. The van der Waals surface area contributed by atoms with Gasteiger partial charge < -0.3 is 9.47 Å². The van der Waals surface area contributed by atoms with Crippen LogP contribution in [0.15, 0.2) is 5.16 Å². The molecule has 1 aromatic heterocycles. The van der Waals surface area contributed by atoms with Crippen molar-refractivity contribution in [2.75, 3.05) is 26.9 Å². The van der Waals surface area contributed by atoms with E-state index in [-0.39, 0.29) is 32.0 Å². The van der Waals surface area contributed by atoms with Gasteiger partial charge >= 0.3 is 6.18 Å². The number of hydrogen-bond acceptors (Lipinski definition) is 6. The topological polar surface area (TPSA) is 83.3 Å². The van der Waals surface area contributed by atoms with Crippen molar-refractivity contribution in [3.8, 4) is 0 Å². The fourth-order valence-corrected chi connectivity index (χ4v) is 2.38. The third-order valence-electron chi connectivity index (χ3n) is 2.27. The molecular weight excluding hydrogens is 339 g/mol. The van der Waals surface area contributed by atoms with Crippen LogP contribution < -0.4 is 0 Å². The maximum Gasteiger partial charge on any atom is 0.411 e. The second kappa shape index (κ2) is 7.38.